The van der Waals surface area contributed by atoms with E-state index >= 15 is 0 Å². The van der Waals surface area contributed by atoms with E-state index in [0.29, 0.717) is 17.0 Å². The maximum Gasteiger partial charge on any atom is 0.309 e. The van der Waals surface area contributed by atoms with E-state index in [9.17, 15) is 14.4 Å². The molecule has 0 aliphatic heterocycles. The van der Waals surface area contributed by atoms with E-state index in [2.05, 4.69) is 5.32 Å². The van der Waals surface area contributed by atoms with Gasteiger partial charge in [0.2, 0.25) is 0 Å². The minimum Gasteiger partial charge on any atom is -0.493 e. The number of ketones is 1. The molecule has 1 N–H and O–H groups in total. The number of anilines is 1. The fourth-order valence-electron chi connectivity index (χ4n) is 2.07. The Morgan fingerprint density at radius 3 is 2.36 bits per heavy atom. The summed E-state index contributed by atoms with van der Waals surface area (Å²) < 4.78 is 10.3. The van der Waals surface area contributed by atoms with Crippen LogP contribution in [0.15, 0.2) is 54.6 Å². The Morgan fingerprint density at radius 1 is 0.960 bits per heavy atom. The highest BCUT2D eigenvalue weighted by molar-refractivity contribution is 6.04. The number of carbonyl (C=O) groups is 3. The molecule has 0 atom stereocenters. The van der Waals surface area contributed by atoms with Crippen molar-refractivity contribution >= 4 is 23.3 Å². The molecule has 0 aliphatic carbocycles. The average molecular weight is 341 g/mol. The van der Waals surface area contributed by atoms with Crippen molar-refractivity contribution in [3.8, 4) is 5.75 Å². The molecule has 1 amide bonds. The number of carbonyl (C=O) groups excluding carboxylic acids is 3. The quantitative estimate of drug-likeness (QED) is 0.590. The average Bonchev–Trinajstić information content (AvgIpc) is 2.61. The Balaban J connectivity index is 1.73. The number of para-hydroxylation sites is 2. The topological polar surface area (TPSA) is 81.7 Å². The number of ether oxygens (including phenoxy) is 2. The molecular formula is C19H19NO5. The van der Waals surface area contributed by atoms with E-state index in [-0.39, 0.29) is 18.8 Å². The van der Waals surface area contributed by atoms with Gasteiger partial charge in [0.25, 0.3) is 5.91 Å². The highest BCUT2D eigenvalue weighted by Gasteiger charge is 2.11. The van der Waals surface area contributed by atoms with Crippen LogP contribution in [0.3, 0.4) is 0 Å². The van der Waals surface area contributed by atoms with Crippen molar-refractivity contribution in [2.24, 2.45) is 0 Å². The first-order valence-corrected chi connectivity index (χ1v) is 7.79. The first-order valence-electron chi connectivity index (χ1n) is 7.79. The maximum absolute atomic E-state index is 11.9. The number of hydrogen-bond donors (Lipinski definition) is 1. The SMILES string of the molecule is CC(=O)c1ccccc1NC(=O)COC(=O)CCOc1ccccc1. The molecule has 0 bridgehead atoms. The molecule has 130 valence electrons. The molecule has 0 saturated heterocycles. The minimum absolute atomic E-state index is 0.0339. The summed E-state index contributed by atoms with van der Waals surface area (Å²) in [7, 11) is 0. The molecule has 6 nitrogen and oxygen atoms in total. The molecular weight excluding hydrogens is 322 g/mol. The third kappa shape index (κ3) is 6.10. The lowest BCUT2D eigenvalue weighted by Gasteiger charge is -2.10. The van der Waals surface area contributed by atoms with Crippen LogP contribution in [0.5, 0.6) is 5.75 Å². The van der Waals surface area contributed by atoms with Gasteiger partial charge in [0.15, 0.2) is 12.4 Å². The molecule has 2 aromatic carbocycles. The van der Waals surface area contributed by atoms with Gasteiger partial charge in [0.1, 0.15) is 5.75 Å². The van der Waals surface area contributed by atoms with Crippen molar-refractivity contribution in [2.75, 3.05) is 18.5 Å². The molecule has 25 heavy (non-hydrogen) atoms. The van der Waals surface area contributed by atoms with Gasteiger partial charge in [-0.2, -0.15) is 0 Å². The Hall–Kier alpha value is -3.15. The summed E-state index contributed by atoms with van der Waals surface area (Å²) in [6, 6.07) is 15.7. The Morgan fingerprint density at radius 2 is 1.64 bits per heavy atom. The fraction of sp³-hybridized carbons (Fsp3) is 0.211. The largest absolute Gasteiger partial charge is 0.493 e. The van der Waals surface area contributed by atoms with Crippen molar-refractivity contribution < 1.29 is 23.9 Å². The molecule has 6 heteroatoms. The lowest BCUT2D eigenvalue weighted by molar-refractivity contribution is -0.147. The summed E-state index contributed by atoms with van der Waals surface area (Å²) >= 11 is 0. The van der Waals surface area contributed by atoms with Crippen LogP contribution in [-0.2, 0) is 14.3 Å². The van der Waals surface area contributed by atoms with Crippen molar-refractivity contribution in [2.45, 2.75) is 13.3 Å². The third-order valence-electron chi connectivity index (χ3n) is 3.26. The van der Waals surface area contributed by atoms with Gasteiger partial charge in [-0.3, -0.25) is 14.4 Å². The Kier molecular flexibility index (Phi) is 6.71. The van der Waals surface area contributed by atoms with Crippen LogP contribution < -0.4 is 10.1 Å². The first kappa shape index (κ1) is 18.2. The maximum atomic E-state index is 11.9. The molecule has 0 fully saturated rings. The molecule has 0 unspecified atom stereocenters. The van der Waals surface area contributed by atoms with E-state index < -0.39 is 18.5 Å². The summed E-state index contributed by atoms with van der Waals surface area (Å²) in [5.74, 6) is -0.545. The van der Waals surface area contributed by atoms with Crippen molar-refractivity contribution in [1.29, 1.82) is 0 Å². The highest BCUT2D eigenvalue weighted by atomic mass is 16.5. The predicted octanol–water partition coefficient (Wildman–Crippen LogP) is 2.84. The summed E-state index contributed by atoms with van der Waals surface area (Å²) in [6.07, 6.45) is 0.0339. The van der Waals surface area contributed by atoms with Gasteiger partial charge in [-0.15, -0.1) is 0 Å². The molecule has 0 saturated carbocycles. The normalized spacial score (nSPS) is 9.96. The highest BCUT2D eigenvalue weighted by Crippen LogP contribution is 2.15. The second-order valence-corrected chi connectivity index (χ2v) is 5.22. The second-order valence-electron chi connectivity index (χ2n) is 5.22. The van der Waals surface area contributed by atoms with E-state index in [0.717, 1.165) is 0 Å². The van der Waals surface area contributed by atoms with Crippen molar-refractivity contribution in [3.05, 3.63) is 60.2 Å². The molecule has 0 radical (unpaired) electrons. The van der Waals surface area contributed by atoms with Crippen LogP contribution in [-0.4, -0.2) is 30.9 Å². The minimum atomic E-state index is -0.536. The van der Waals surface area contributed by atoms with Gasteiger partial charge in [-0.05, 0) is 31.2 Å². The Labute approximate surface area is 145 Å². The molecule has 0 heterocycles. The van der Waals surface area contributed by atoms with Gasteiger partial charge in [-0.25, -0.2) is 0 Å². The number of nitrogens with one attached hydrogen (secondary N) is 1. The molecule has 0 spiro atoms. The van der Waals surface area contributed by atoms with Gasteiger partial charge < -0.3 is 14.8 Å². The zero-order valence-electron chi connectivity index (χ0n) is 13.9. The molecule has 2 aromatic rings. The van der Waals surface area contributed by atoms with Crippen molar-refractivity contribution in [3.63, 3.8) is 0 Å². The van der Waals surface area contributed by atoms with E-state index in [4.69, 9.17) is 9.47 Å². The lowest BCUT2D eigenvalue weighted by Crippen LogP contribution is -2.22. The van der Waals surface area contributed by atoms with E-state index in [1.165, 1.54) is 6.92 Å². The predicted molar refractivity (Wildman–Crippen MR) is 92.6 cm³/mol. The molecule has 0 aromatic heterocycles. The first-order chi connectivity index (χ1) is 12.1. The Bertz CT molecular complexity index is 742. The van der Waals surface area contributed by atoms with Gasteiger partial charge >= 0.3 is 5.97 Å². The molecule has 2 rings (SSSR count). The molecule has 0 aliphatic rings. The number of amides is 1. The number of esters is 1. The van der Waals surface area contributed by atoms with E-state index in [1.54, 1.807) is 36.4 Å². The van der Waals surface area contributed by atoms with Crippen molar-refractivity contribution in [1.82, 2.24) is 0 Å². The standard InChI is InChI=1S/C19H19NO5/c1-14(21)16-9-5-6-10-17(16)20-18(22)13-25-19(23)11-12-24-15-7-3-2-4-8-15/h2-10H,11-13H2,1H3,(H,20,22). The van der Waals surface area contributed by atoms with Crippen LogP contribution in [0.4, 0.5) is 5.69 Å². The summed E-state index contributed by atoms with van der Waals surface area (Å²) in [6.45, 7) is 1.16. The van der Waals surface area contributed by atoms with Crippen LogP contribution in [0.25, 0.3) is 0 Å². The lowest BCUT2D eigenvalue weighted by atomic mass is 10.1. The third-order valence-corrected chi connectivity index (χ3v) is 3.26. The zero-order valence-corrected chi connectivity index (χ0v) is 13.9. The smallest absolute Gasteiger partial charge is 0.309 e. The second kappa shape index (κ2) is 9.22. The van der Waals surface area contributed by atoms with Gasteiger partial charge in [0.05, 0.1) is 18.7 Å². The fourth-order valence-corrected chi connectivity index (χ4v) is 2.07. The summed E-state index contributed by atoms with van der Waals surface area (Å²) in [5.41, 5.74) is 0.793. The van der Waals surface area contributed by atoms with Crippen LogP contribution in [0.2, 0.25) is 0 Å². The zero-order chi connectivity index (χ0) is 18.1. The number of hydrogen-bond acceptors (Lipinski definition) is 5. The van der Waals surface area contributed by atoms with Crippen LogP contribution in [0, 0.1) is 0 Å². The number of Topliss-reactive ketones (excluding diaryl/α,β-unsaturated/α-hetero) is 1. The van der Waals surface area contributed by atoms with Crippen LogP contribution >= 0.6 is 0 Å². The summed E-state index contributed by atoms with van der Waals surface area (Å²) in [4.78, 5) is 35.0. The monoisotopic (exact) mass is 341 g/mol. The van der Waals surface area contributed by atoms with Gasteiger partial charge in [-0.1, -0.05) is 30.3 Å². The summed E-state index contributed by atoms with van der Waals surface area (Å²) in [5, 5.41) is 2.56. The van der Waals surface area contributed by atoms with E-state index in [1.807, 2.05) is 18.2 Å². The number of benzene rings is 2. The van der Waals surface area contributed by atoms with Crippen LogP contribution in [0.1, 0.15) is 23.7 Å². The number of rotatable bonds is 8. The van der Waals surface area contributed by atoms with Gasteiger partial charge in [0, 0.05) is 5.56 Å².